The first-order valence-corrected chi connectivity index (χ1v) is 11.8. The van der Waals surface area contributed by atoms with Gasteiger partial charge < -0.3 is 14.6 Å². The van der Waals surface area contributed by atoms with Gasteiger partial charge in [-0.2, -0.15) is 0 Å². The fourth-order valence-corrected chi connectivity index (χ4v) is 4.35. The molecule has 0 saturated carbocycles. The van der Waals surface area contributed by atoms with E-state index in [2.05, 4.69) is 9.88 Å². The van der Waals surface area contributed by atoms with Crippen LogP contribution in [0.25, 0.3) is 21.8 Å². The number of benzene rings is 3. The van der Waals surface area contributed by atoms with Gasteiger partial charge in [-0.1, -0.05) is 12.1 Å². The molecule has 184 valence electrons. The molecular formula is C29H28N2O5. The quantitative estimate of drug-likeness (QED) is 0.264. The summed E-state index contributed by atoms with van der Waals surface area (Å²) < 4.78 is 6.83. The van der Waals surface area contributed by atoms with E-state index >= 15 is 0 Å². The summed E-state index contributed by atoms with van der Waals surface area (Å²) in [4.78, 5) is 47.9. The first-order valence-electron chi connectivity index (χ1n) is 11.8. The number of rotatable bonds is 9. The van der Waals surface area contributed by atoms with Crippen LogP contribution in [-0.2, 0) is 22.6 Å². The van der Waals surface area contributed by atoms with Crippen molar-refractivity contribution >= 4 is 45.2 Å². The van der Waals surface area contributed by atoms with Crippen LogP contribution < -0.4 is 5.32 Å². The number of nitrogens with zero attached hydrogens (tertiary/aromatic N) is 1. The van der Waals surface area contributed by atoms with Crippen LogP contribution in [0.1, 0.15) is 63.3 Å². The van der Waals surface area contributed by atoms with Gasteiger partial charge in [0.25, 0.3) is 0 Å². The molecule has 7 heteroatoms. The number of Topliss-reactive ketones (excluding diaryl/α,β-unsaturated/α-hetero) is 2. The summed E-state index contributed by atoms with van der Waals surface area (Å²) in [6.07, 6.45) is 0.966. The molecule has 1 N–H and O–H groups in total. The lowest BCUT2D eigenvalue weighted by Crippen LogP contribution is -2.22. The number of carbonyl (C=O) groups excluding carboxylic acids is 4. The minimum atomic E-state index is -0.398. The fraction of sp³-hybridized carbons (Fsp3) is 0.241. The summed E-state index contributed by atoms with van der Waals surface area (Å²) >= 11 is 0. The van der Waals surface area contributed by atoms with Crippen molar-refractivity contribution in [3.8, 4) is 0 Å². The van der Waals surface area contributed by atoms with Crippen LogP contribution in [0.15, 0.2) is 60.7 Å². The number of ether oxygens (including phenoxy) is 1. The zero-order chi connectivity index (χ0) is 25.8. The largest absolute Gasteiger partial charge is 0.465 e. The highest BCUT2D eigenvalue weighted by molar-refractivity contribution is 6.12. The molecule has 0 atom stereocenters. The van der Waals surface area contributed by atoms with Crippen LogP contribution in [0.5, 0.6) is 0 Å². The van der Waals surface area contributed by atoms with Crippen molar-refractivity contribution in [2.75, 3.05) is 7.11 Å². The summed E-state index contributed by atoms with van der Waals surface area (Å²) in [5, 5.41) is 4.75. The van der Waals surface area contributed by atoms with Gasteiger partial charge in [0.2, 0.25) is 5.91 Å². The number of fused-ring (bicyclic) bond motifs is 3. The molecule has 4 aromatic rings. The second-order valence-electron chi connectivity index (χ2n) is 8.80. The molecule has 36 heavy (non-hydrogen) atoms. The lowest BCUT2D eigenvalue weighted by molar-refractivity contribution is -0.121. The Bertz CT molecular complexity index is 1410. The Labute approximate surface area is 209 Å². The highest BCUT2D eigenvalue weighted by atomic mass is 16.5. The van der Waals surface area contributed by atoms with Gasteiger partial charge in [0, 0.05) is 52.4 Å². The van der Waals surface area contributed by atoms with E-state index in [1.807, 2.05) is 36.4 Å². The molecule has 0 unspecified atom stereocenters. The Morgan fingerprint density at radius 3 is 1.81 bits per heavy atom. The number of ketones is 2. The average molecular weight is 485 g/mol. The van der Waals surface area contributed by atoms with Crippen molar-refractivity contribution in [3.05, 3.63) is 82.9 Å². The van der Waals surface area contributed by atoms with Crippen molar-refractivity contribution in [3.63, 3.8) is 0 Å². The Morgan fingerprint density at radius 2 is 1.31 bits per heavy atom. The monoisotopic (exact) mass is 484 g/mol. The number of hydrogen-bond acceptors (Lipinski definition) is 5. The molecule has 0 aliphatic carbocycles. The van der Waals surface area contributed by atoms with Gasteiger partial charge >= 0.3 is 5.97 Å². The van der Waals surface area contributed by atoms with Crippen molar-refractivity contribution in [1.29, 1.82) is 0 Å². The number of esters is 1. The molecule has 0 fully saturated rings. The molecule has 0 spiro atoms. The molecule has 0 bridgehead atoms. The highest BCUT2D eigenvalue weighted by Gasteiger charge is 2.14. The normalized spacial score (nSPS) is 11.0. The molecule has 0 radical (unpaired) electrons. The van der Waals surface area contributed by atoms with E-state index in [4.69, 9.17) is 4.74 Å². The predicted octanol–water partition coefficient (Wildman–Crippen LogP) is 5.08. The minimum absolute atomic E-state index is 0.0165. The number of aromatic nitrogens is 1. The van der Waals surface area contributed by atoms with Gasteiger partial charge in [-0.15, -0.1) is 0 Å². The number of hydrogen-bond donors (Lipinski definition) is 1. The molecule has 1 amide bonds. The molecule has 0 aliphatic heterocycles. The SMILES string of the molecule is COC(=O)c1ccc(CNC(=O)CCCn2c3ccc(C(C)=O)cc3c3cc(C(C)=O)ccc32)cc1. The van der Waals surface area contributed by atoms with E-state index in [0.717, 1.165) is 27.4 Å². The van der Waals surface area contributed by atoms with Gasteiger partial charge in [0.05, 0.1) is 12.7 Å². The van der Waals surface area contributed by atoms with Crippen LogP contribution in [0.3, 0.4) is 0 Å². The maximum Gasteiger partial charge on any atom is 0.337 e. The summed E-state index contributed by atoms with van der Waals surface area (Å²) in [5.74, 6) is -0.495. The molecule has 3 aromatic carbocycles. The minimum Gasteiger partial charge on any atom is -0.465 e. The van der Waals surface area contributed by atoms with Crippen molar-refractivity contribution in [2.24, 2.45) is 0 Å². The molecule has 0 aliphatic rings. The van der Waals surface area contributed by atoms with Crippen molar-refractivity contribution in [1.82, 2.24) is 9.88 Å². The van der Waals surface area contributed by atoms with Crippen molar-refractivity contribution < 1.29 is 23.9 Å². The third-order valence-electron chi connectivity index (χ3n) is 6.33. The zero-order valence-electron chi connectivity index (χ0n) is 20.6. The summed E-state index contributed by atoms with van der Waals surface area (Å²) in [6, 6.07) is 18.1. The van der Waals surface area contributed by atoms with Gasteiger partial charge in [0.15, 0.2) is 11.6 Å². The maximum atomic E-state index is 12.5. The number of carbonyl (C=O) groups is 4. The van der Waals surface area contributed by atoms with Crippen molar-refractivity contribution in [2.45, 2.75) is 39.8 Å². The number of nitrogens with one attached hydrogen (secondary N) is 1. The van der Waals surface area contributed by atoms with Crippen LogP contribution in [-0.4, -0.2) is 35.1 Å². The van der Waals surface area contributed by atoms with E-state index < -0.39 is 5.97 Å². The second kappa shape index (κ2) is 10.6. The molecule has 0 saturated heterocycles. The molecule has 7 nitrogen and oxygen atoms in total. The Balaban J connectivity index is 1.46. The maximum absolute atomic E-state index is 12.5. The fourth-order valence-electron chi connectivity index (χ4n) is 4.35. The van der Waals surface area contributed by atoms with E-state index in [0.29, 0.717) is 42.6 Å². The first-order chi connectivity index (χ1) is 17.3. The van der Waals surface area contributed by atoms with Crippen LogP contribution in [0.2, 0.25) is 0 Å². The zero-order valence-corrected chi connectivity index (χ0v) is 20.6. The first kappa shape index (κ1) is 24.9. The lowest BCUT2D eigenvalue weighted by atomic mass is 10.0. The number of aryl methyl sites for hydroxylation is 1. The van der Waals surface area contributed by atoms with Gasteiger partial charge in [-0.25, -0.2) is 4.79 Å². The Morgan fingerprint density at radius 1 is 0.778 bits per heavy atom. The molecule has 1 heterocycles. The Hall–Kier alpha value is -4.26. The Kier molecular flexibility index (Phi) is 7.29. The highest BCUT2D eigenvalue weighted by Crippen LogP contribution is 2.31. The van der Waals surface area contributed by atoms with E-state index in [9.17, 15) is 19.2 Å². The van der Waals surface area contributed by atoms with E-state index in [-0.39, 0.29) is 17.5 Å². The van der Waals surface area contributed by atoms with Gasteiger partial charge in [-0.05, 0) is 74.4 Å². The predicted molar refractivity (Wildman–Crippen MR) is 138 cm³/mol. The van der Waals surface area contributed by atoms with Crippen LogP contribution >= 0.6 is 0 Å². The smallest absolute Gasteiger partial charge is 0.337 e. The third-order valence-corrected chi connectivity index (χ3v) is 6.33. The average Bonchev–Trinajstić information content (AvgIpc) is 3.19. The summed E-state index contributed by atoms with van der Waals surface area (Å²) in [7, 11) is 1.34. The second-order valence-corrected chi connectivity index (χ2v) is 8.80. The van der Waals surface area contributed by atoms with E-state index in [1.54, 1.807) is 24.3 Å². The molecule has 1 aromatic heterocycles. The number of amides is 1. The van der Waals surface area contributed by atoms with Gasteiger partial charge in [-0.3, -0.25) is 14.4 Å². The standard InChI is InChI=1S/C29H28N2O5/c1-18(32)22-10-12-26-24(15-22)25-16-23(19(2)33)11-13-27(25)31(26)14-4-5-28(34)30-17-20-6-8-21(9-7-20)29(35)36-3/h6-13,15-16H,4-5,14,17H2,1-3H3,(H,30,34). The van der Waals surface area contributed by atoms with Crippen LogP contribution in [0.4, 0.5) is 0 Å². The molecule has 4 rings (SSSR count). The van der Waals surface area contributed by atoms with Gasteiger partial charge in [0.1, 0.15) is 0 Å². The number of methoxy groups -OCH3 is 1. The topological polar surface area (TPSA) is 94.5 Å². The summed E-state index contributed by atoms with van der Waals surface area (Å²) in [5.41, 5.74) is 4.51. The summed E-state index contributed by atoms with van der Waals surface area (Å²) in [6.45, 7) is 4.05. The van der Waals surface area contributed by atoms with Crippen LogP contribution in [0, 0.1) is 0 Å². The molecular weight excluding hydrogens is 456 g/mol. The van der Waals surface area contributed by atoms with E-state index in [1.165, 1.54) is 21.0 Å². The lowest BCUT2D eigenvalue weighted by Gasteiger charge is -2.09. The third kappa shape index (κ3) is 5.20.